The summed E-state index contributed by atoms with van der Waals surface area (Å²) in [4.78, 5) is 13.0. The Bertz CT molecular complexity index is 1260. The molecule has 35 heavy (non-hydrogen) atoms. The maximum atomic E-state index is 13.4. The second-order valence-electron chi connectivity index (χ2n) is 8.55. The van der Waals surface area contributed by atoms with Gasteiger partial charge in [-0.1, -0.05) is 18.6 Å². The minimum Gasteiger partial charge on any atom is -0.495 e. The van der Waals surface area contributed by atoms with Crippen LogP contribution in [0.5, 0.6) is 5.75 Å². The summed E-state index contributed by atoms with van der Waals surface area (Å²) >= 11 is 0. The fourth-order valence-corrected chi connectivity index (χ4v) is 6.06. The molecule has 2 heterocycles. The van der Waals surface area contributed by atoms with E-state index in [0.717, 1.165) is 30.6 Å². The van der Waals surface area contributed by atoms with Gasteiger partial charge in [-0.05, 0) is 67.8 Å². The lowest BCUT2D eigenvalue weighted by Crippen LogP contribution is -2.42. The number of sulfonamides is 1. The van der Waals surface area contributed by atoms with E-state index in [0.29, 0.717) is 25.4 Å². The molecular formula is C26H30N2O6S. The van der Waals surface area contributed by atoms with Crippen molar-refractivity contribution in [3.05, 3.63) is 77.7 Å². The highest BCUT2D eigenvalue weighted by Gasteiger charge is 2.33. The fourth-order valence-electron chi connectivity index (χ4n) is 4.18. The Kier molecular flexibility index (Phi) is 7.90. The van der Waals surface area contributed by atoms with Gasteiger partial charge in [-0.25, -0.2) is 8.42 Å². The van der Waals surface area contributed by atoms with E-state index >= 15 is 0 Å². The molecule has 0 bridgehead atoms. The molecule has 1 N–H and O–H groups in total. The van der Waals surface area contributed by atoms with Crippen LogP contribution in [-0.4, -0.2) is 38.3 Å². The van der Waals surface area contributed by atoms with Crippen molar-refractivity contribution in [1.29, 1.82) is 0 Å². The molecule has 1 aliphatic rings. The molecule has 0 radical (unpaired) electrons. The van der Waals surface area contributed by atoms with Gasteiger partial charge in [-0.2, -0.15) is 4.31 Å². The summed E-state index contributed by atoms with van der Waals surface area (Å²) in [6.45, 7) is 3.06. The van der Waals surface area contributed by atoms with Crippen LogP contribution in [0.25, 0.3) is 0 Å². The predicted octanol–water partition coefficient (Wildman–Crippen LogP) is 4.82. The van der Waals surface area contributed by atoms with Crippen molar-refractivity contribution in [3.63, 3.8) is 0 Å². The van der Waals surface area contributed by atoms with Crippen LogP contribution >= 0.6 is 0 Å². The van der Waals surface area contributed by atoms with Gasteiger partial charge in [0.2, 0.25) is 10.0 Å². The first-order chi connectivity index (χ1) is 16.9. The summed E-state index contributed by atoms with van der Waals surface area (Å²) in [6, 6.07) is 15.3. The highest BCUT2D eigenvalue weighted by Crippen LogP contribution is 2.32. The van der Waals surface area contributed by atoms with Gasteiger partial charge in [0.05, 0.1) is 20.0 Å². The van der Waals surface area contributed by atoms with Gasteiger partial charge in [0.25, 0.3) is 5.91 Å². The standard InChI is InChI=1S/C26H30N2O6S/c1-19-7-3-4-13-28(19)35(30,31)25-16-21(11-12-24(25)32-2)26(29)27-22-9-5-8-20(15-22)17-33-18-23-10-6-14-34-23/h5-6,8-12,14-16,19H,3-4,7,13,17-18H2,1-2H3,(H,27,29). The van der Waals surface area contributed by atoms with Crippen LogP contribution in [0.1, 0.15) is 47.9 Å². The second kappa shape index (κ2) is 11.1. The predicted molar refractivity (Wildman–Crippen MR) is 132 cm³/mol. The van der Waals surface area contributed by atoms with Gasteiger partial charge in [-0.3, -0.25) is 4.79 Å². The molecule has 4 rings (SSSR count). The lowest BCUT2D eigenvalue weighted by molar-refractivity contribution is 0.0929. The van der Waals surface area contributed by atoms with Crippen molar-refractivity contribution >= 4 is 21.6 Å². The highest BCUT2D eigenvalue weighted by molar-refractivity contribution is 7.89. The number of hydrogen-bond acceptors (Lipinski definition) is 6. The first-order valence-electron chi connectivity index (χ1n) is 11.6. The number of rotatable bonds is 9. The number of benzene rings is 2. The first kappa shape index (κ1) is 25.0. The molecule has 1 atom stereocenters. The molecule has 0 spiro atoms. The maximum Gasteiger partial charge on any atom is 0.255 e. The van der Waals surface area contributed by atoms with E-state index in [1.807, 2.05) is 31.2 Å². The van der Waals surface area contributed by atoms with Crippen LogP contribution in [0.4, 0.5) is 5.69 Å². The summed E-state index contributed by atoms with van der Waals surface area (Å²) in [7, 11) is -2.39. The molecular weight excluding hydrogens is 468 g/mol. The highest BCUT2D eigenvalue weighted by atomic mass is 32.2. The summed E-state index contributed by atoms with van der Waals surface area (Å²) in [6.07, 6.45) is 4.22. The third-order valence-corrected chi connectivity index (χ3v) is 8.07. The Hall–Kier alpha value is -3.14. The monoisotopic (exact) mass is 498 g/mol. The molecule has 1 saturated heterocycles. The zero-order valence-electron chi connectivity index (χ0n) is 19.9. The molecule has 0 aliphatic carbocycles. The Morgan fingerprint density at radius 3 is 2.71 bits per heavy atom. The van der Waals surface area contributed by atoms with Gasteiger partial charge in [0.1, 0.15) is 23.0 Å². The van der Waals surface area contributed by atoms with E-state index in [1.54, 1.807) is 24.5 Å². The smallest absolute Gasteiger partial charge is 0.255 e. The molecule has 1 aromatic heterocycles. The van der Waals surface area contributed by atoms with Crippen molar-refractivity contribution in [2.75, 3.05) is 19.0 Å². The SMILES string of the molecule is COc1ccc(C(=O)Nc2cccc(COCc3ccco3)c2)cc1S(=O)(=O)N1CCCCC1C. The number of amides is 1. The number of nitrogens with zero attached hydrogens (tertiary/aromatic N) is 1. The van der Waals surface area contributed by atoms with E-state index < -0.39 is 15.9 Å². The number of furan rings is 1. The van der Waals surface area contributed by atoms with Crippen molar-refractivity contribution in [3.8, 4) is 5.75 Å². The van der Waals surface area contributed by atoms with Gasteiger partial charge >= 0.3 is 0 Å². The van der Waals surface area contributed by atoms with E-state index in [-0.39, 0.29) is 22.3 Å². The quantitative estimate of drug-likeness (QED) is 0.454. The molecule has 1 unspecified atom stereocenters. The molecule has 9 heteroatoms. The molecule has 186 valence electrons. The van der Waals surface area contributed by atoms with Crippen LogP contribution in [0.15, 0.2) is 70.2 Å². The van der Waals surface area contributed by atoms with E-state index in [4.69, 9.17) is 13.9 Å². The zero-order chi connectivity index (χ0) is 24.8. The maximum absolute atomic E-state index is 13.4. The van der Waals surface area contributed by atoms with Crippen molar-refractivity contribution in [2.24, 2.45) is 0 Å². The molecule has 8 nitrogen and oxygen atoms in total. The number of anilines is 1. The lowest BCUT2D eigenvalue weighted by atomic mass is 10.1. The van der Waals surface area contributed by atoms with Crippen LogP contribution in [-0.2, 0) is 28.0 Å². The first-order valence-corrected chi connectivity index (χ1v) is 13.0. The summed E-state index contributed by atoms with van der Waals surface area (Å²) < 4.78 is 44.6. The normalized spacial score (nSPS) is 16.7. The number of carbonyl (C=O) groups is 1. The third-order valence-electron chi connectivity index (χ3n) is 6.03. The number of carbonyl (C=O) groups excluding carboxylic acids is 1. The summed E-state index contributed by atoms with van der Waals surface area (Å²) in [5, 5.41) is 2.84. The van der Waals surface area contributed by atoms with Gasteiger partial charge in [-0.15, -0.1) is 0 Å². The Morgan fingerprint density at radius 2 is 1.97 bits per heavy atom. The largest absolute Gasteiger partial charge is 0.495 e. The average Bonchev–Trinajstić information content (AvgIpc) is 3.37. The van der Waals surface area contributed by atoms with Crippen molar-refractivity contribution in [1.82, 2.24) is 4.31 Å². The molecule has 1 fully saturated rings. The summed E-state index contributed by atoms with van der Waals surface area (Å²) in [5.41, 5.74) is 1.69. The molecule has 0 saturated carbocycles. The number of methoxy groups -OCH3 is 1. The third kappa shape index (κ3) is 5.93. The van der Waals surface area contributed by atoms with Crippen LogP contribution in [0, 0.1) is 0 Å². The Labute approximate surface area is 205 Å². The molecule has 1 aliphatic heterocycles. The zero-order valence-corrected chi connectivity index (χ0v) is 20.7. The Balaban J connectivity index is 1.49. The number of piperidine rings is 1. The Morgan fingerprint density at radius 1 is 1.11 bits per heavy atom. The van der Waals surface area contributed by atoms with E-state index in [1.165, 1.54) is 23.5 Å². The average molecular weight is 499 g/mol. The van der Waals surface area contributed by atoms with E-state index in [2.05, 4.69) is 5.32 Å². The lowest BCUT2D eigenvalue weighted by Gasteiger charge is -2.32. The van der Waals surface area contributed by atoms with Crippen molar-refractivity contribution in [2.45, 2.75) is 50.3 Å². The van der Waals surface area contributed by atoms with E-state index in [9.17, 15) is 13.2 Å². The minimum atomic E-state index is -3.81. The van der Waals surface area contributed by atoms with Crippen LogP contribution in [0.3, 0.4) is 0 Å². The number of hydrogen-bond donors (Lipinski definition) is 1. The fraction of sp³-hybridized carbons (Fsp3) is 0.346. The number of nitrogens with one attached hydrogen (secondary N) is 1. The summed E-state index contributed by atoms with van der Waals surface area (Å²) in [5.74, 6) is 0.540. The molecule has 1 amide bonds. The van der Waals surface area contributed by atoms with Crippen molar-refractivity contribution < 1.29 is 27.1 Å². The van der Waals surface area contributed by atoms with Gasteiger partial charge in [0.15, 0.2) is 0 Å². The topological polar surface area (TPSA) is 98.1 Å². The molecule has 2 aromatic carbocycles. The van der Waals surface area contributed by atoms with Crippen LogP contribution in [0.2, 0.25) is 0 Å². The second-order valence-corrected chi connectivity index (χ2v) is 10.4. The minimum absolute atomic E-state index is 0.00137. The van der Waals surface area contributed by atoms with Gasteiger partial charge < -0.3 is 19.2 Å². The van der Waals surface area contributed by atoms with Gasteiger partial charge in [0, 0.05) is 23.8 Å². The van der Waals surface area contributed by atoms with Crippen LogP contribution < -0.4 is 10.1 Å². The number of ether oxygens (including phenoxy) is 2. The molecule has 3 aromatic rings.